The van der Waals surface area contributed by atoms with Crippen molar-refractivity contribution in [2.24, 2.45) is 0 Å². The van der Waals surface area contributed by atoms with Crippen LogP contribution in [0.25, 0.3) is 10.9 Å². The number of hydrogen-bond donors (Lipinski definition) is 2. The maximum absolute atomic E-state index is 12.4. The number of rotatable bonds is 5. The Kier molecular flexibility index (Phi) is 4.61. The minimum absolute atomic E-state index is 0.0271. The van der Waals surface area contributed by atoms with Crippen molar-refractivity contribution in [1.82, 2.24) is 15.5 Å². The first kappa shape index (κ1) is 16.4. The summed E-state index contributed by atoms with van der Waals surface area (Å²) < 4.78 is 0.954. The van der Waals surface area contributed by atoms with E-state index in [1.165, 1.54) is 11.3 Å². The van der Waals surface area contributed by atoms with E-state index in [0.717, 1.165) is 40.5 Å². The lowest BCUT2D eigenvalue weighted by molar-refractivity contribution is 0.0953. The molecular formula is C19H19IN4O. The smallest absolute Gasteiger partial charge is 0.251 e. The first-order chi connectivity index (χ1) is 12.2. The van der Waals surface area contributed by atoms with Crippen LogP contribution >= 0.6 is 22.6 Å². The molecule has 1 aliphatic heterocycles. The number of H-pyrrole nitrogens is 1. The fraction of sp³-hybridized carbons (Fsp3) is 0.263. The van der Waals surface area contributed by atoms with Gasteiger partial charge >= 0.3 is 0 Å². The molecule has 2 heterocycles. The highest BCUT2D eigenvalue weighted by Crippen LogP contribution is 2.27. The Morgan fingerprint density at radius 1 is 1.28 bits per heavy atom. The van der Waals surface area contributed by atoms with Crippen LogP contribution in [0, 0.1) is 3.70 Å². The van der Waals surface area contributed by atoms with Crippen LogP contribution in [0.5, 0.6) is 0 Å². The summed E-state index contributed by atoms with van der Waals surface area (Å²) in [6.07, 6.45) is 2.05. The van der Waals surface area contributed by atoms with E-state index in [4.69, 9.17) is 0 Å². The minimum Gasteiger partial charge on any atom is -0.371 e. The zero-order valence-corrected chi connectivity index (χ0v) is 15.9. The van der Waals surface area contributed by atoms with Crippen molar-refractivity contribution in [2.75, 3.05) is 24.5 Å². The molecule has 0 aliphatic carbocycles. The number of nitrogens with zero attached hydrogens (tertiary/aromatic N) is 2. The van der Waals surface area contributed by atoms with Gasteiger partial charge in [0.05, 0.1) is 5.52 Å². The second-order valence-electron chi connectivity index (χ2n) is 6.24. The molecule has 1 amide bonds. The molecular weight excluding hydrogens is 427 g/mol. The second kappa shape index (κ2) is 7.03. The molecule has 1 aromatic heterocycles. The molecule has 0 bridgehead atoms. The molecule has 25 heavy (non-hydrogen) atoms. The van der Waals surface area contributed by atoms with Crippen molar-refractivity contribution in [1.29, 1.82) is 0 Å². The highest BCUT2D eigenvalue weighted by atomic mass is 127. The molecule has 2 N–H and O–H groups in total. The van der Waals surface area contributed by atoms with Crippen molar-refractivity contribution in [3.8, 4) is 0 Å². The van der Waals surface area contributed by atoms with E-state index in [9.17, 15) is 4.79 Å². The maximum atomic E-state index is 12.4. The fourth-order valence-corrected chi connectivity index (χ4v) is 3.89. The van der Waals surface area contributed by atoms with Crippen molar-refractivity contribution in [3.63, 3.8) is 0 Å². The standard InChI is InChI=1S/C19H19IN4O/c20-18-15-12-14(6-7-16(15)22-23-18)19(25)21-9-3-10-24-11-8-13-4-1-2-5-17(13)24/h1-2,4-7,12H,3,8-11H2,(H,21,25)(H,22,23). The molecule has 0 fully saturated rings. The Morgan fingerprint density at radius 3 is 3.08 bits per heavy atom. The van der Waals surface area contributed by atoms with E-state index in [1.807, 2.05) is 18.2 Å². The van der Waals surface area contributed by atoms with Crippen LogP contribution < -0.4 is 10.2 Å². The molecule has 2 aromatic carbocycles. The number of anilines is 1. The summed E-state index contributed by atoms with van der Waals surface area (Å²) in [5, 5.41) is 11.1. The van der Waals surface area contributed by atoms with Crippen molar-refractivity contribution in [2.45, 2.75) is 12.8 Å². The van der Waals surface area contributed by atoms with Crippen LogP contribution in [-0.2, 0) is 6.42 Å². The van der Waals surface area contributed by atoms with E-state index in [0.29, 0.717) is 12.1 Å². The van der Waals surface area contributed by atoms with Gasteiger partial charge in [0.25, 0.3) is 5.91 Å². The molecule has 0 saturated heterocycles. The highest BCUT2D eigenvalue weighted by molar-refractivity contribution is 14.1. The van der Waals surface area contributed by atoms with Gasteiger partial charge in [-0.2, -0.15) is 5.10 Å². The van der Waals surface area contributed by atoms with Gasteiger partial charge in [0.2, 0.25) is 0 Å². The third-order valence-corrected chi connectivity index (χ3v) is 5.47. The van der Waals surface area contributed by atoms with Gasteiger partial charge in [0.15, 0.2) is 0 Å². The quantitative estimate of drug-likeness (QED) is 0.467. The predicted molar refractivity (Wildman–Crippen MR) is 108 cm³/mol. The maximum Gasteiger partial charge on any atom is 0.251 e. The molecule has 0 spiro atoms. The number of aromatic nitrogens is 2. The molecule has 5 nitrogen and oxygen atoms in total. The summed E-state index contributed by atoms with van der Waals surface area (Å²) >= 11 is 2.19. The Balaban J connectivity index is 1.31. The molecule has 3 aromatic rings. The van der Waals surface area contributed by atoms with Crippen LogP contribution in [0.1, 0.15) is 22.3 Å². The van der Waals surface area contributed by atoms with Crippen LogP contribution in [0.2, 0.25) is 0 Å². The summed E-state index contributed by atoms with van der Waals surface area (Å²) in [6, 6.07) is 14.2. The van der Waals surface area contributed by atoms with E-state index in [2.05, 4.69) is 67.3 Å². The van der Waals surface area contributed by atoms with Crippen LogP contribution in [0.15, 0.2) is 42.5 Å². The zero-order chi connectivity index (χ0) is 17.2. The number of aromatic amines is 1. The normalized spacial score (nSPS) is 13.2. The van der Waals surface area contributed by atoms with Gasteiger partial charge < -0.3 is 10.2 Å². The number of halogens is 1. The Labute approximate surface area is 159 Å². The van der Waals surface area contributed by atoms with Crippen molar-refractivity contribution in [3.05, 3.63) is 57.3 Å². The molecule has 128 valence electrons. The molecule has 6 heteroatoms. The Hall–Kier alpha value is -2.09. The predicted octanol–water partition coefficient (Wildman–Crippen LogP) is 3.35. The lowest BCUT2D eigenvalue weighted by Gasteiger charge is -2.19. The van der Waals surface area contributed by atoms with Gasteiger partial charge in [-0.1, -0.05) is 18.2 Å². The second-order valence-corrected chi connectivity index (χ2v) is 7.32. The van der Waals surface area contributed by atoms with Gasteiger partial charge in [-0.25, -0.2) is 0 Å². The van der Waals surface area contributed by atoms with Crippen molar-refractivity contribution < 1.29 is 4.79 Å². The molecule has 0 unspecified atom stereocenters. The van der Waals surface area contributed by atoms with E-state index >= 15 is 0 Å². The molecule has 4 rings (SSSR count). The van der Waals surface area contributed by atoms with E-state index in [-0.39, 0.29) is 5.91 Å². The zero-order valence-electron chi connectivity index (χ0n) is 13.8. The number of fused-ring (bicyclic) bond motifs is 2. The number of amides is 1. The fourth-order valence-electron chi connectivity index (χ4n) is 3.33. The van der Waals surface area contributed by atoms with Crippen LogP contribution in [-0.4, -0.2) is 35.7 Å². The Morgan fingerprint density at radius 2 is 2.16 bits per heavy atom. The summed E-state index contributed by atoms with van der Waals surface area (Å²) in [4.78, 5) is 14.8. The monoisotopic (exact) mass is 446 g/mol. The number of carbonyl (C=O) groups excluding carboxylic acids is 1. The number of hydrogen-bond acceptors (Lipinski definition) is 3. The average Bonchev–Trinajstić information content (AvgIpc) is 3.22. The van der Waals surface area contributed by atoms with Gasteiger partial charge in [-0.3, -0.25) is 9.89 Å². The molecule has 0 radical (unpaired) electrons. The first-order valence-electron chi connectivity index (χ1n) is 8.47. The lowest BCUT2D eigenvalue weighted by atomic mass is 10.1. The lowest BCUT2D eigenvalue weighted by Crippen LogP contribution is -2.29. The largest absolute Gasteiger partial charge is 0.371 e. The van der Waals surface area contributed by atoms with Gasteiger partial charge in [0.1, 0.15) is 3.70 Å². The van der Waals surface area contributed by atoms with E-state index in [1.54, 1.807) is 0 Å². The summed E-state index contributed by atoms with van der Waals surface area (Å²) in [5.74, 6) is -0.0271. The van der Waals surface area contributed by atoms with E-state index < -0.39 is 0 Å². The molecule has 0 saturated carbocycles. The average molecular weight is 446 g/mol. The van der Waals surface area contributed by atoms with Gasteiger partial charge in [-0.05, 0) is 65.3 Å². The number of para-hydroxylation sites is 1. The third-order valence-electron chi connectivity index (χ3n) is 4.64. The number of nitrogens with one attached hydrogen (secondary N) is 2. The van der Waals surface area contributed by atoms with Crippen LogP contribution in [0.4, 0.5) is 5.69 Å². The topological polar surface area (TPSA) is 61.0 Å². The SMILES string of the molecule is O=C(NCCCN1CCc2ccccc21)c1ccc2n[nH]c(I)c2c1. The van der Waals surface area contributed by atoms with Crippen molar-refractivity contribution >= 4 is 45.1 Å². The van der Waals surface area contributed by atoms with Gasteiger partial charge in [0, 0.05) is 36.3 Å². The van der Waals surface area contributed by atoms with Crippen LogP contribution in [0.3, 0.4) is 0 Å². The Bertz CT molecular complexity index is 921. The van der Waals surface area contributed by atoms with Gasteiger partial charge in [-0.15, -0.1) is 0 Å². The molecule has 1 aliphatic rings. The highest BCUT2D eigenvalue weighted by Gasteiger charge is 2.17. The summed E-state index contributed by atoms with van der Waals surface area (Å²) in [5.41, 5.74) is 4.33. The molecule has 0 atom stereocenters. The summed E-state index contributed by atoms with van der Waals surface area (Å²) in [7, 11) is 0. The number of carbonyl (C=O) groups is 1. The minimum atomic E-state index is -0.0271. The third kappa shape index (κ3) is 3.35. The summed E-state index contributed by atoms with van der Waals surface area (Å²) in [6.45, 7) is 2.72. The first-order valence-corrected chi connectivity index (χ1v) is 9.55. The number of benzene rings is 2.